The highest BCUT2D eigenvalue weighted by molar-refractivity contribution is 5.79. The number of nitrogen functional groups attached to an aromatic ring is 1. The van der Waals surface area contributed by atoms with Crippen molar-refractivity contribution in [3.05, 3.63) is 23.9 Å². The van der Waals surface area contributed by atoms with Crippen LogP contribution in [0.25, 0.3) is 11.1 Å². The molecule has 5 heteroatoms. The highest BCUT2D eigenvalue weighted by Crippen LogP contribution is 2.43. The third kappa shape index (κ3) is 2.23. The van der Waals surface area contributed by atoms with E-state index in [9.17, 15) is 0 Å². The molecule has 0 saturated heterocycles. The van der Waals surface area contributed by atoms with Gasteiger partial charge in [-0.3, -0.25) is 0 Å². The van der Waals surface area contributed by atoms with Crippen molar-refractivity contribution >= 4 is 5.88 Å². The third-order valence-electron chi connectivity index (χ3n) is 3.05. The Morgan fingerprint density at radius 3 is 2.37 bits per heavy atom. The van der Waals surface area contributed by atoms with E-state index >= 15 is 0 Å². The predicted molar refractivity (Wildman–Crippen MR) is 73.5 cm³/mol. The fourth-order valence-electron chi connectivity index (χ4n) is 2.19. The Labute approximate surface area is 112 Å². The van der Waals surface area contributed by atoms with Crippen LogP contribution in [0.3, 0.4) is 0 Å². The summed E-state index contributed by atoms with van der Waals surface area (Å²) in [6.45, 7) is 4.17. The number of ether oxygens (including phenoxy) is 2. The van der Waals surface area contributed by atoms with Gasteiger partial charge in [0.25, 0.3) is 0 Å². The molecule has 5 nitrogen and oxygen atoms in total. The number of benzene rings is 1. The lowest BCUT2D eigenvalue weighted by atomic mass is 9.95. The highest BCUT2D eigenvalue weighted by atomic mass is 16.5. The summed E-state index contributed by atoms with van der Waals surface area (Å²) in [5, 5.41) is 3.70. The molecule has 0 unspecified atom stereocenters. The zero-order chi connectivity index (χ0) is 14.0. The summed E-state index contributed by atoms with van der Waals surface area (Å²) >= 11 is 0. The largest absolute Gasteiger partial charge is 0.496 e. The molecule has 2 N–H and O–H groups in total. The molecule has 0 aliphatic heterocycles. The molecule has 1 heterocycles. The van der Waals surface area contributed by atoms with Crippen LogP contribution in [0.2, 0.25) is 0 Å². The summed E-state index contributed by atoms with van der Waals surface area (Å²) in [7, 11) is 3.28. The monoisotopic (exact) mass is 262 g/mol. The molecule has 0 spiro atoms. The maximum atomic E-state index is 5.78. The first kappa shape index (κ1) is 13.3. The van der Waals surface area contributed by atoms with E-state index in [2.05, 4.69) is 19.0 Å². The molecular weight excluding hydrogens is 244 g/mol. The minimum absolute atomic E-state index is 0.255. The molecule has 0 bridgehead atoms. The number of hydrogen-bond donors (Lipinski definition) is 1. The van der Waals surface area contributed by atoms with Crippen LogP contribution in [0, 0.1) is 0 Å². The molecule has 0 aliphatic rings. The van der Waals surface area contributed by atoms with Crippen molar-refractivity contribution in [1.82, 2.24) is 5.16 Å². The predicted octanol–water partition coefficient (Wildman–Crippen LogP) is 3.06. The van der Waals surface area contributed by atoms with E-state index in [0.717, 1.165) is 28.2 Å². The molecular formula is C14H18N2O3. The fourth-order valence-corrected chi connectivity index (χ4v) is 2.19. The average molecular weight is 262 g/mol. The molecule has 102 valence electrons. The molecule has 1 aromatic carbocycles. The second-order valence-corrected chi connectivity index (χ2v) is 4.52. The van der Waals surface area contributed by atoms with E-state index in [1.54, 1.807) is 20.4 Å². The van der Waals surface area contributed by atoms with Crippen LogP contribution in [0.1, 0.15) is 25.3 Å². The first-order valence-electron chi connectivity index (χ1n) is 6.05. The Bertz CT molecular complexity index is 576. The smallest absolute Gasteiger partial charge is 0.230 e. The van der Waals surface area contributed by atoms with E-state index in [4.69, 9.17) is 19.7 Å². The van der Waals surface area contributed by atoms with Gasteiger partial charge in [-0.2, -0.15) is 0 Å². The number of rotatable bonds is 4. The molecule has 0 fully saturated rings. The molecule has 0 amide bonds. The van der Waals surface area contributed by atoms with Crippen molar-refractivity contribution in [3.8, 4) is 22.6 Å². The van der Waals surface area contributed by atoms with Gasteiger partial charge in [-0.25, -0.2) is 0 Å². The summed E-state index contributed by atoms with van der Waals surface area (Å²) < 4.78 is 15.9. The summed E-state index contributed by atoms with van der Waals surface area (Å²) in [6.07, 6.45) is 1.59. The van der Waals surface area contributed by atoms with Crippen molar-refractivity contribution in [2.45, 2.75) is 19.8 Å². The Morgan fingerprint density at radius 2 is 1.89 bits per heavy atom. The van der Waals surface area contributed by atoms with Gasteiger partial charge in [-0.05, 0) is 18.1 Å². The van der Waals surface area contributed by atoms with Crippen molar-refractivity contribution < 1.29 is 14.0 Å². The number of anilines is 1. The summed E-state index contributed by atoms with van der Waals surface area (Å²) in [6, 6.07) is 3.80. The van der Waals surface area contributed by atoms with Crippen LogP contribution < -0.4 is 15.2 Å². The minimum Gasteiger partial charge on any atom is -0.496 e. The highest BCUT2D eigenvalue weighted by Gasteiger charge is 2.21. The Kier molecular flexibility index (Phi) is 3.64. The lowest BCUT2D eigenvalue weighted by Crippen LogP contribution is -2.01. The second kappa shape index (κ2) is 5.22. The standard InChI is InChI=1S/C14H18N2O3/c1-8(2)12-11(17-3)6-5-9(13(12)18-4)10-7-16-19-14(10)15/h5-8H,15H2,1-4H3. The van der Waals surface area contributed by atoms with Crippen LogP contribution in [-0.2, 0) is 0 Å². The van der Waals surface area contributed by atoms with Gasteiger partial charge in [0.1, 0.15) is 11.5 Å². The Morgan fingerprint density at radius 1 is 1.16 bits per heavy atom. The van der Waals surface area contributed by atoms with Gasteiger partial charge in [0.05, 0.1) is 26.0 Å². The minimum atomic E-state index is 0.255. The maximum absolute atomic E-state index is 5.78. The molecule has 2 aromatic rings. The number of aromatic nitrogens is 1. The van der Waals surface area contributed by atoms with Crippen molar-refractivity contribution in [2.24, 2.45) is 0 Å². The van der Waals surface area contributed by atoms with E-state index in [-0.39, 0.29) is 11.8 Å². The molecule has 19 heavy (non-hydrogen) atoms. The van der Waals surface area contributed by atoms with Crippen molar-refractivity contribution in [2.75, 3.05) is 20.0 Å². The molecule has 0 radical (unpaired) electrons. The maximum Gasteiger partial charge on any atom is 0.230 e. The van der Waals surface area contributed by atoms with Crippen LogP contribution >= 0.6 is 0 Å². The zero-order valence-corrected chi connectivity index (χ0v) is 11.6. The van der Waals surface area contributed by atoms with E-state index < -0.39 is 0 Å². The number of nitrogens with two attached hydrogens (primary N) is 1. The second-order valence-electron chi connectivity index (χ2n) is 4.52. The molecule has 0 aliphatic carbocycles. The summed E-state index contributed by atoms with van der Waals surface area (Å²) in [5.74, 6) is 2.07. The first-order valence-corrected chi connectivity index (χ1v) is 6.05. The van der Waals surface area contributed by atoms with Gasteiger partial charge >= 0.3 is 0 Å². The lowest BCUT2D eigenvalue weighted by molar-refractivity contribution is 0.383. The first-order chi connectivity index (χ1) is 9.10. The van der Waals surface area contributed by atoms with Gasteiger partial charge in [0.15, 0.2) is 0 Å². The van der Waals surface area contributed by atoms with E-state index in [0.29, 0.717) is 0 Å². The summed E-state index contributed by atoms with van der Waals surface area (Å²) in [5.41, 5.74) is 8.36. The average Bonchev–Trinajstić information content (AvgIpc) is 2.82. The van der Waals surface area contributed by atoms with E-state index in [1.807, 2.05) is 12.1 Å². The Hall–Kier alpha value is -2.17. The van der Waals surface area contributed by atoms with Crippen molar-refractivity contribution in [1.29, 1.82) is 0 Å². The van der Waals surface area contributed by atoms with Crippen LogP contribution in [0.4, 0.5) is 5.88 Å². The normalized spacial score (nSPS) is 10.8. The van der Waals surface area contributed by atoms with Gasteiger partial charge in [0, 0.05) is 11.1 Å². The Balaban J connectivity index is 2.70. The van der Waals surface area contributed by atoms with E-state index in [1.165, 1.54) is 0 Å². The number of nitrogens with zero attached hydrogens (tertiary/aromatic N) is 1. The van der Waals surface area contributed by atoms with Crippen LogP contribution in [0.15, 0.2) is 22.9 Å². The van der Waals surface area contributed by atoms with Crippen LogP contribution in [0.5, 0.6) is 11.5 Å². The lowest BCUT2D eigenvalue weighted by Gasteiger charge is -2.18. The molecule has 0 saturated carbocycles. The van der Waals surface area contributed by atoms with Crippen molar-refractivity contribution in [3.63, 3.8) is 0 Å². The van der Waals surface area contributed by atoms with Crippen LogP contribution in [-0.4, -0.2) is 19.4 Å². The quantitative estimate of drug-likeness (QED) is 0.916. The van der Waals surface area contributed by atoms with Gasteiger partial charge in [0.2, 0.25) is 5.88 Å². The third-order valence-corrected chi connectivity index (χ3v) is 3.05. The fraction of sp³-hybridized carbons (Fsp3) is 0.357. The van der Waals surface area contributed by atoms with Gasteiger partial charge in [-0.15, -0.1) is 0 Å². The number of methoxy groups -OCH3 is 2. The molecule has 2 rings (SSSR count). The SMILES string of the molecule is COc1ccc(-c2cnoc2N)c(OC)c1C(C)C. The van der Waals surface area contributed by atoms with Gasteiger partial charge < -0.3 is 19.7 Å². The van der Waals surface area contributed by atoms with Gasteiger partial charge in [-0.1, -0.05) is 19.0 Å². The zero-order valence-electron chi connectivity index (χ0n) is 11.6. The summed E-state index contributed by atoms with van der Waals surface area (Å²) in [4.78, 5) is 0. The topological polar surface area (TPSA) is 70.5 Å². The molecule has 0 atom stereocenters. The number of hydrogen-bond acceptors (Lipinski definition) is 5. The molecule has 1 aromatic heterocycles.